The van der Waals surface area contributed by atoms with Gasteiger partial charge < -0.3 is 9.30 Å². The highest BCUT2D eigenvalue weighted by molar-refractivity contribution is 6.29. The van der Waals surface area contributed by atoms with E-state index in [1.807, 2.05) is 36.0 Å². The molecule has 0 atom stereocenters. The van der Waals surface area contributed by atoms with Crippen molar-refractivity contribution in [1.29, 1.82) is 0 Å². The Morgan fingerprint density at radius 1 is 1.37 bits per heavy atom. The number of hydrogen-bond donors (Lipinski definition) is 1. The van der Waals surface area contributed by atoms with Crippen LogP contribution in [-0.2, 0) is 7.05 Å². The number of benzene rings is 1. The molecule has 0 fully saturated rings. The minimum absolute atomic E-state index is 0.0271. The Balaban J connectivity index is 2.08. The fourth-order valence-electron chi connectivity index (χ4n) is 1.91. The molecule has 3 rings (SSSR count). The smallest absolute Gasteiger partial charge is 0.285 e. The highest BCUT2D eigenvalue weighted by Gasteiger charge is 2.09. The van der Waals surface area contributed by atoms with Crippen molar-refractivity contribution in [1.82, 2.24) is 14.8 Å². The third-order valence-electron chi connectivity index (χ3n) is 2.83. The summed E-state index contributed by atoms with van der Waals surface area (Å²) < 4.78 is 7.54. The first kappa shape index (κ1) is 11.8. The molecule has 0 radical (unpaired) electrons. The highest BCUT2D eigenvalue weighted by Crippen LogP contribution is 2.28. The van der Waals surface area contributed by atoms with Gasteiger partial charge in [0.25, 0.3) is 5.88 Å². The van der Waals surface area contributed by atoms with Gasteiger partial charge in [0, 0.05) is 24.7 Å². The molecule has 19 heavy (non-hydrogen) atoms. The van der Waals surface area contributed by atoms with E-state index in [0.717, 1.165) is 10.9 Å². The van der Waals surface area contributed by atoms with E-state index < -0.39 is 0 Å². The summed E-state index contributed by atoms with van der Waals surface area (Å²) in [5.74, 6) is 0.555. The zero-order chi connectivity index (χ0) is 13.4. The molecule has 3 aromatic rings. The average Bonchev–Trinajstić information content (AvgIpc) is 2.76. The van der Waals surface area contributed by atoms with E-state index in [-0.39, 0.29) is 16.5 Å². The van der Waals surface area contributed by atoms with Crippen LogP contribution in [0.4, 0.5) is 0 Å². The van der Waals surface area contributed by atoms with E-state index in [4.69, 9.17) is 16.3 Å². The van der Waals surface area contributed by atoms with Gasteiger partial charge in [0.1, 0.15) is 10.9 Å². The summed E-state index contributed by atoms with van der Waals surface area (Å²) in [7, 11) is 1.94. The zero-order valence-corrected chi connectivity index (χ0v) is 10.8. The predicted molar refractivity (Wildman–Crippen MR) is 72.9 cm³/mol. The van der Waals surface area contributed by atoms with Crippen LogP contribution in [-0.4, -0.2) is 14.8 Å². The van der Waals surface area contributed by atoms with Crippen LogP contribution in [0.5, 0.6) is 11.6 Å². The lowest BCUT2D eigenvalue weighted by molar-refractivity contribution is 0.455. The van der Waals surface area contributed by atoms with Crippen molar-refractivity contribution < 1.29 is 4.74 Å². The molecule has 6 heteroatoms. The van der Waals surface area contributed by atoms with E-state index in [2.05, 4.69) is 10.2 Å². The number of aromatic amines is 1. The van der Waals surface area contributed by atoms with E-state index >= 15 is 0 Å². The molecular formula is C13H10ClN3O2. The predicted octanol–water partition coefficient (Wildman–Crippen LogP) is 2.71. The Labute approximate surface area is 113 Å². The summed E-state index contributed by atoms with van der Waals surface area (Å²) >= 11 is 5.64. The number of aromatic nitrogens is 3. The summed E-state index contributed by atoms with van der Waals surface area (Å²) in [6, 6.07) is 8.78. The second-order valence-electron chi connectivity index (χ2n) is 4.10. The highest BCUT2D eigenvalue weighted by atomic mass is 35.5. The summed E-state index contributed by atoms with van der Waals surface area (Å²) in [5, 5.41) is 7.38. The topological polar surface area (TPSA) is 59.9 Å². The van der Waals surface area contributed by atoms with E-state index in [9.17, 15) is 4.79 Å². The van der Waals surface area contributed by atoms with Crippen LogP contribution in [0.15, 0.2) is 41.3 Å². The van der Waals surface area contributed by atoms with Crippen LogP contribution >= 0.6 is 11.6 Å². The Hall–Kier alpha value is -2.27. The molecule has 0 saturated carbocycles. The van der Waals surface area contributed by atoms with Crippen LogP contribution in [0.1, 0.15) is 0 Å². The maximum absolute atomic E-state index is 11.7. The zero-order valence-electron chi connectivity index (χ0n) is 10.1. The van der Waals surface area contributed by atoms with E-state index in [1.165, 1.54) is 6.07 Å². The number of nitrogens with zero attached hydrogens (tertiary/aromatic N) is 2. The summed E-state index contributed by atoms with van der Waals surface area (Å²) in [4.78, 5) is 11.7. The fourth-order valence-corrected chi connectivity index (χ4v) is 2.05. The van der Waals surface area contributed by atoms with Gasteiger partial charge in [-0.2, -0.15) is 0 Å². The maximum Gasteiger partial charge on any atom is 0.285 e. The van der Waals surface area contributed by atoms with Crippen LogP contribution in [0.2, 0.25) is 5.15 Å². The SMILES string of the molecule is Cn1ccc2c(Oc3n[nH]c(Cl)cc3=O)cccc21. The summed E-state index contributed by atoms with van der Waals surface area (Å²) in [6.07, 6.45) is 1.93. The molecule has 5 nitrogen and oxygen atoms in total. The lowest BCUT2D eigenvalue weighted by atomic mass is 10.2. The van der Waals surface area contributed by atoms with E-state index in [1.54, 1.807) is 6.07 Å². The maximum atomic E-state index is 11.7. The van der Waals surface area contributed by atoms with Crippen molar-refractivity contribution in [3.63, 3.8) is 0 Å². The number of ether oxygens (including phenoxy) is 1. The van der Waals surface area contributed by atoms with Crippen molar-refractivity contribution in [3.8, 4) is 11.6 Å². The molecule has 1 aromatic carbocycles. The molecule has 1 N–H and O–H groups in total. The molecule has 96 valence electrons. The molecule has 0 amide bonds. The molecule has 0 bridgehead atoms. The van der Waals surface area contributed by atoms with Crippen molar-refractivity contribution in [2.24, 2.45) is 7.05 Å². The number of nitrogens with one attached hydrogen (secondary N) is 1. The largest absolute Gasteiger partial charge is 0.434 e. The molecule has 0 aliphatic rings. The van der Waals surface area contributed by atoms with E-state index in [0.29, 0.717) is 5.75 Å². The molecule has 0 saturated heterocycles. The number of fused-ring (bicyclic) bond motifs is 1. The van der Waals surface area contributed by atoms with Gasteiger partial charge in [0.2, 0.25) is 5.43 Å². The van der Waals surface area contributed by atoms with Crippen LogP contribution in [0.25, 0.3) is 10.9 Å². The first-order valence-corrected chi connectivity index (χ1v) is 6.00. The Morgan fingerprint density at radius 3 is 3.00 bits per heavy atom. The normalized spacial score (nSPS) is 10.8. The van der Waals surface area contributed by atoms with Crippen molar-refractivity contribution in [2.75, 3.05) is 0 Å². The second-order valence-corrected chi connectivity index (χ2v) is 4.51. The molecule has 0 aliphatic carbocycles. The third kappa shape index (κ3) is 2.08. The van der Waals surface area contributed by atoms with Crippen LogP contribution in [0, 0.1) is 0 Å². The number of halogens is 1. The third-order valence-corrected chi connectivity index (χ3v) is 3.02. The van der Waals surface area contributed by atoms with Crippen molar-refractivity contribution in [3.05, 3.63) is 51.9 Å². The average molecular weight is 276 g/mol. The number of rotatable bonds is 2. The van der Waals surface area contributed by atoms with Gasteiger partial charge in [0.05, 0.1) is 5.52 Å². The molecule has 2 heterocycles. The minimum Gasteiger partial charge on any atom is -0.434 e. The van der Waals surface area contributed by atoms with Crippen LogP contribution in [0.3, 0.4) is 0 Å². The van der Waals surface area contributed by atoms with Crippen molar-refractivity contribution in [2.45, 2.75) is 0 Å². The van der Waals surface area contributed by atoms with Gasteiger partial charge in [-0.15, -0.1) is 5.10 Å². The number of aryl methyl sites for hydroxylation is 1. The Bertz CT molecular complexity index is 807. The Morgan fingerprint density at radius 2 is 2.21 bits per heavy atom. The fraction of sp³-hybridized carbons (Fsp3) is 0.0769. The molecule has 2 aromatic heterocycles. The monoisotopic (exact) mass is 275 g/mol. The Kier molecular flexibility index (Phi) is 2.76. The first-order valence-electron chi connectivity index (χ1n) is 5.62. The summed E-state index contributed by atoms with van der Waals surface area (Å²) in [5.41, 5.74) is 0.652. The molecule has 0 spiro atoms. The molecular weight excluding hydrogens is 266 g/mol. The minimum atomic E-state index is -0.364. The number of H-pyrrole nitrogens is 1. The summed E-state index contributed by atoms with van der Waals surface area (Å²) in [6.45, 7) is 0. The van der Waals surface area contributed by atoms with Gasteiger partial charge in [-0.1, -0.05) is 17.7 Å². The van der Waals surface area contributed by atoms with Gasteiger partial charge in [-0.25, -0.2) is 0 Å². The van der Waals surface area contributed by atoms with Gasteiger partial charge in [0.15, 0.2) is 0 Å². The van der Waals surface area contributed by atoms with Gasteiger partial charge in [-0.3, -0.25) is 9.89 Å². The molecule has 0 aliphatic heterocycles. The number of hydrogen-bond acceptors (Lipinski definition) is 3. The van der Waals surface area contributed by atoms with Crippen molar-refractivity contribution >= 4 is 22.5 Å². The lowest BCUT2D eigenvalue weighted by Gasteiger charge is -2.05. The first-order chi connectivity index (χ1) is 9.15. The second kappa shape index (κ2) is 4.44. The molecule has 0 unspecified atom stereocenters. The van der Waals surface area contributed by atoms with Crippen LogP contribution < -0.4 is 10.2 Å². The standard InChI is InChI=1S/C13H10ClN3O2/c1-17-6-5-8-9(17)3-2-4-11(8)19-13-10(18)7-12(14)15-16-13/h2-7H,1H3,(H,15,18). The lowest BCUT2D eigenvalue weighted by Crippen LogP contribution is -2.07. The quantitative estimate of drug-likeness (QED) is 0.782. The van der Waals surface area contributed by atoms with Gasteiger partial charge in [-0.05, 0) is 18.2 Å². The van der Waals surface area contributed by atoms with Gasteiger partial charge >= 0.3 is 0 Å².